The van der Waals surface area contributed by atoms with Crippen molar-refractivity contribution in [3.63, 3.8) is 0 Å². The smallest absolute Gasteiger partial charge is 0.192 e. The predicted molar refractivity (Wildman–Crippen MR) is 51.3 cm³/mol. The van der Waals surface area contributed by atoms with Gasteiger partial charge in [0.05, 0.1) is 11.3 Å². The van der Waals surface area contributed by atoms with Crippen LogP contribution in [0.2, 0.25) is 0 Å². The van der Waals surface area contributed by atoms with E-state index in [9.17, 15) is 0 Å². The summed E-state index contributed by atoms with van der Waals surface area (Å²) in [6, 6.07) is 2.15. The molecule has 0 aromatic carbocycles. The molecule has 70 valence electrons. The predicted octanol–water partition coefficient (Wildman–Crippen LogP) is 1.38. The molecule has 0 saturated heterocycles. The third-order valence-electron chi connectivity index (χ3n) is 1.71. The zero-order valence-electron chi connectivity index (χ0n) is 7.98. The fourth-order valence-corrected chi connectivity index (χ4v) is 1.66. The summed E-state index contributed by atoms with van der Waals surface area (Å²) in [7, 11) is 1.92. The first-order valence-corrected chi connectivity index (χ1v) is 5.01. The monoisotopic (exact) mass is 196 g/mol. The van der Waals surface area contributed by atoms with Crippen LogP contribution in [-0.4, -0.2) is 20.0 Å². The van der Waals surface area contributed by atoms with Gasteiger partial charge >= 0.3 is 0 Å². The van der Waals surface area contributed by atoms with Gasteiger partial charge in [0, 0.05) is 13.5 Å². The highest BCUT2D eigenvalue weighted by Gasteiger charge is 2.10. The summed E-state index contributed by atoms with van der Waals surface area (Å²) in [5, 5.41) is 17.4. The molecule has 1 aromatic rings. The molecule has 0 aliphatic rings. The van der Waals surface area contributed by atoms with Gasteiger partial charge in [-0.2, -0.15) is 5.26 Å². The fraction of sp³-hybridized carbons (Fsp3) is 0.625. The van der Waals surface area contributed by atoms with Gasteiger partial charge < -0.3 is 4.57 Å². The van der Waals surface area contributed by atoms with Gasteiger partial charge in [-0.05, 0) is 6.92 Å². The third kappa shape index (κ3) is 2.22. The molecule has 0 aliphatic carbocycles. The van der Waals surface area contributed by atoms with E-state index in [2.05, 4.69) is 16.3 Å². The lowest BCUT2D eigenvalue weighted by molar-refractivity contribution is 0.741. The molecular formula is C8H12N4S. The normalized spacial score (nSPS) is 12.5. The van der Waals surface area contributed by atoms with Crippen LogP contribution in [0.5, 0.6) is 0 Å². The van der Waals surface area contributed by atoms with Crippen molar-refractivity contribution in [3.05, 3.63) is 5.82 Å². The van der Waals surface area contributed by atoms with Crippen LogP contribution in [0, 0.1) is 11.3 Å². The first-order valence-electron chi connectivity index (χ1n) is 4.13. The summed E-state index contributed by atoms with van der Waals surface area (Å²) in [5.74, 6) is 0.952. The maximum Gasteiger partial charge on any atom is 0.192 e. The lowest BCUT2D eigenvalue weighted by atomic mass is 10.5. The molecule has 0 spiro atoms. The summed E-state index contributed by atoms with van der Waals surface area (Å²) >= 11 is 1.43. The van der Waals surface area contributed by atoms with Crippen LogP contribution in [0.4, 0.5) is 0 Å². The molecule has 0 radical (unpaired) electrons. The van der Waals surface area contributed by atoms with Gasteiger partial charge in [0.15, 0.2) is 5.16 Å². The minimum absolute atomic E-state index is 0.0763. The SMILES string of the molecule is CCc1nnc(SC(C)C#N)n1C. The third-order valence-corrected chi connectivity index (χ3v) is 2.73. The van der Waals surface area contributed by atoms with Crippen molar-refractivity contribution < 1.29 is 0 Å². The highest BCUT2D eigenvalue weighted by atomic mass is 32.2. The lowest BCUT2D eigenvalue weighted by Crippen LogP contribution is -1.99. The summed E-state index contributed by atoms with van der Waals surface area (Å²) in [6.45, 7) is 3.89. The van der Waals surface area contributed by atoms with Crippen LogP contribution >= 0.6 is 11.8 Å². The van der Waals surface area contributed by atoms with Crippen molar-refractivity contribution in [3.8, 4) is 6.07 Å². The van der Waals surface area contributed by atoms with Crippen LogP contribution in [0.25, 0.3) is 0 Å². The molecule has 0 aliphatic heterocycles. The first kappa shape index (κ1) is 10.1. The molecule has 0 saturated carbocycles. The molecule has 0 bridgehead atoms. The van der Waals surface area contributed by atoms with Crippen molar-refractivity contribution in [1.82, 2.24) is 14.8 Å². The second kappa shape index (κ2) is 4.28. The van der Waals surface area contributed by atoms with Crippen molar-refractivity contribution in [2.24, 2.45) is 7.05 Å². The molecular weight excluding hydrogens is 184 g/mol. The Morgan fingerprint density at radius 1 is 1.62 bits per heavy atom. The lowest BCUT2D eigenvalue weighted by Gasteiger charge is -2.02. The number of thioether (sulfide) groups is 1. The van der Waals surface area contributed by atoms with Crippen LogP contribution in [0.15, 0.2) is 5.16 Å². The van der Waals surface area contributed by atoms with Gasteiger partial charge in [-0.1, -0.05) is 18.7 Å². The standard InChI is InChI=1S/C8H12N4S/c1-4-7-10-11-8(12(7)3)13-6(2)5-9/h6H,4H2,1-3H3. The molecule has 13 heavy (non-hydrogen) atoms. The Kier molecular flexibility index (Phi) is 3.32. The Bertz CT molecular complexity index is 325. The zero-order chi connectivity index (χ0) is 9.84. The highest BCUT2D eigenvalue weighted by molar-refractivity contribution is 8.00. The van der Waals surface area contributed by atoms with Crippen LogP contribution < -0.4 is 0 Å². The van der Waals surface area contributed by atoms with Gasteiger partial charge in [0.25, 0.3) is 0 Å². The van der Waals surface area contributed by atoms with E-state index in [-0.39, 0.29) is 5.25 Å². The molecule has 1 heterocycles. The summed E-state index contributed by atoms with van der Waals surface area (Å²) in [5.41, 5.74) is 0. The Labute approximate surface area is 82.0 Å². The average molecular weight is 196 g/mol. The fourth-order valence-electron chi connectivity index (χ4n) is 0.940. The van der Waals surface area contributed by atoms with E-state index in [0.29, 0.717) is 0 Å². The minimum atomic E-state index is -0.0763. The second-order valence-corrected chi connectivity index (χ2v) is 4.01. The van der Waals surface area contributed by atoms with Crippen molar-refractivity contribution in [1.29, 1.82) is 5.26 Å². The maximum atomic E-state index is 8.62. The van der Waals surface area contributed by atoms with Gasteiger partial charge in [0.1, 0.15) is 5.82 Å². The van der Waals surface area contributed by atoms with Gasteiger partial charge in [-0.15, -0.1) is 10.2 Å². The van der Waals surface area contributed by atoms with E-state index in [1.54, 1.807) is 0 Å². The number of hydrogen-bond donors (Lipinski definition) is 0. The Morgan fingerprint density at radius 2 is 2.31 bits per heavy atom. The molecule has 1 rings (SSSR count). The molecule has 1 aromatic heterocycles. The van der Waals surface area contributed by atoms with Crippen LogP contribution in [0.3, 0.4) is 0 Å². The Balaban J connectivity index is 2.79. The molecule has 0 N–H and O–H groups in total. The number of nitriles is 1. The van der Waals surface area contributed by atoms with E-state index < -0.39 is 0 Å². The Morgan fingerprint density at radius 3 is 2.77 bits per heavy atom. The van der Waals surface area contributed by atoms with Crippen LogP contribution in [0.1, 0.15) is 19.7 Å². The second-order valence-electron chi connectivity index (χ2n) is 2.70. The zero-order valence-corrected chi connectivity index (χ0v) is 8.80. The summed E-state index contributed by atoms with van der Waals surface area (Å²) in [6.07, 6.45) is 0.866. The number of nitrogens with zero attached hydrogens (tertiary/aromatic N) is 4. The minimum Gasteiger partial charge on any atom is -0.309 e. The van der Waals surface area contributed by atoms with Crippen molar-refractivity contribution in [2.45, 2.75) is 30.7 Å². The van der Waals surface area contributed by atoms with Gasteiger partial charge in [0.2, 0.25) is 0 Å². The Hall–Kier alpha value is -1.02. The largest absolute Gasteiger partial charge is 0.309 e. The van der Waals surface area contributed by atoms with Crippen molar-refractivity contribution in [2.75, 3.05) is 0 Å². The molecule has 1 atom stereocenters. The van der Waals surface area contributed by atoms with E-state index >= 15 is 0 Å². The van der Waals surface area contributed by atoms with Gasteiger partial charge in [-0.25, -0.2) is 0 Å². The van der Waals surface area contributed by atoms with E-state index in [1.807, 2.05) is 25.5 Å². The number of rotatable bonds is 3. The number of aromatic nitrogens is 3. The van der Waals surface area contributed by atoms with E-state index in [1.165, 1.54) is 11.8 Å². The molecule has 4 nitrogen and oxygen atoms in total. The molecule has 5 heteroatoms. The van der Waals surface area contributed by atoms with Gasteiger partial charge in [-0.3, -0.25) is 0 Å². The maximum absolute atomic E-state index is 8.62. The average Bonchev–Trinajstić information content (AvgIpc) is 2.48. The summed E-state index contributed by atoms with van der Waals surface area (Å²) in [4.78, 5) is 0. The molecule has 1 unspecified atom stereocenters. The first-order chi connectivity index (χ1) is 6.19. The molecule has 0 fully saturated rings. The van der Waals surface area contributed by atoms with E-state index in [4.69, 9.17) is 5.26 Å². The summed E-state index contributed by atoms with van der Waals surface area (Å²) < 4.78 is 1.93. The number of hydrogen-bond acceptors (Lipinski definition) is 4. The van der Waals surface area contributed by atoms with Crippen molar-refractivity contribution >= 4 is 11.8 Å². The number of aryl methyl sites for hydroxylation is 1. The molecule has 0 amide bonds. The van der Waals surface area contributed by atoms with E-state index in [0.717, 1.165) is 17.4 Å². The topological polar surface area (TPSA) is 54.5 Å². The quantitative estimate of drug-likeness (QED) is 0.685. The highest BCUT2D eigenvalue weighted by Crippen LogP contribution is 2.20. The van der Waals surface area contributed by atoms with Crippen LogP contribution in [-0.2, 0) is 13.5 Å².